The van der Waals surface area contributed by atoms with Crippen LogP contribution < -0.4 is 0 Å². The zero-order chi connectivity index (χ0) is 12.8. The lowest BCUT2D eigenvalue weighted by molar-refractivity contribution is -0.122. The van der Waals surface area contributed by atoms with E-state index in [0.29, 0.717) is 23.1 Å². The molecule has 0 amide bonds. The molecule has 94 valence electrons. The van der Waals surface area contributed by atoms with Crippen molar-refractivity contribution in [3.05, 3.63) is 33.8 Å². The first-order chi connectivity index (χ1) is 8.04. The molecule has 0 fully saturated rings. The maximum atomic E-state index is 11.9. The lowest BCUT2D eigenvalue weighted by atomic mass is 9.97. The van der Waals surface area contributed by atoms with Crippen LogP contribution in [0, 0.1) is 5.92 Å². The van der Waals surface area contributed by atoms with Crippen molar-refractivity contribution in [3.63, 3.8) is 0 Å². The highest BCUT2D eigenvalue weighted by Gasteiger charge is 2.14. The van der Waals surface area contributed by atoms with E-state index < -0.39 is 0 Å². The van der Waals surface area contributed by atoms with E-state index >= 15 is 0 Å². The van der Waals surface area contributed by atoms with Crippen molar-refractivity contribution in [3.8, 4) is 0 Å². The molecule has 0 saturated carbocycles. The highest BCUT2D eigenvalue weighted by Crippen LogP contribution is 2.22. The zero-order valence-corrected chi connectivity index (χ0v) is 11.5. The first-order valence-electron chi connectivity index (χ1n) is 5.50. The number of Topliss-reactive ketones (excluding diaryl/α,β-unsaturated/α-hetero) is 1. The van der Waals surface area contributed by atoms with Crippen molar-refractivity contribution in [2.45, 2.75) is 19.8 Å². The van der Waals surface area contributed by atoms with Gasteiger partial charge in [0.15, 0.2) is 0 Å². The Hall–Kier alpha value is -0.570. The number of hydrogen-bond acceptors (Lipinski definition) is 2. The average Bonchev–Trinajstić information content (AvgIpc) is 2.29. The Balaban J connectivity index is 2.61. The zero-order valence-electron chi connectivity index (χ0n) is 10.0. The number of ketones is 1. The number of carbonyl (C=O) groups is 1. The molecule has 1 rings (SSSR count). The van der Waals surface area contributed by atoms with E-state index in [4.69, 9.17) is 27.9 Å². The maximum absolute atomic E-state index is 11.9. The average molecular weight is 275 g/mol. The van der Waals surface area contributed by atoms with Gasteiger partial charge in [-0.05, 0) is 24.1 Å². The summed E-state index contributed by atoms with van der Waals surface area (Å²) in [6.45, 7) is 2.51. The summed E-state index contributed by atoms with van der Waals surface area (Å²) in [5, 5.41) is 1.13. The minimum absolute atomic E-state index is 0.0123. The number of methoxy groups -OCH3 is 1. The van der Waals surface area contributed by atoms with Crippen molar-refractivity contribution >= 4 is 29.0 Å². The Labute approximate surface area is 112 Å². The summed E-state index contributed by atoms with van der Waals surface area (Å²) in [5.74, 6) is 0.160. The van der Waals surface area contributed by atoms with Gasteiger partial charge in [0, 0.05) is 36.1 Å². The van der Waals surface area contributed by atoms with E-state index in [-0.39, 0.29) is 11.7 Å². The summed E-state index contributed by atoms with van der Waals surface area (Å²) in [7, 11) is 1.63. The summed E-state index contributed by atoms with van der Waals surface area (Å²) in [6.07, 6.45) is 1.08. The number of hydrogen-bond donors (Lipinski definition) is 0. The number of ether oxygens (including phenoxy) is 1. The third-order valence-electron chi connectivity index (χ3n) is 2.68. The Morgan fingerprint density at radius 2 is 2.12 bits per heavy atom. The van der Waals surface area contributed by atoms with Crippen LogP contribution in [0.3, 0.4) is 0 Å². The van der Waals surface area contributed by atoms with Crippen LogP contribution in [0.25, 0.3) is 0 Å². The summed E-state index contributed by atoms with van der Waals surface area (Å²) >= 11 is 11.8. The van der Waals surface area contributed by atoms with Gasteiger partial charge in [0.05, 0.1) is 0 Å². The molecule has 0 spiro atoms. The molecule has 0 bridgehead atoms. The van der Waals surface area contributed by atoms with Crippen molar-refractivity contribution in [2.24, 2.45) is 5.92 Å². The lowest BCUT2D eigenvalue weighted by Crippen LogP contribution is -2.15. The molecule has 0 radical (unpaired) electrons. The Morgan fingerprint density at radius 1 is 1.41 bits per heavy atom. The summed E-state index contributed by atoms with van der Waals surface area (Å²) in [4.78, 5) is 11.9. The largest absolute Gasteiger partial charge is 0.385 e. The van der Waals surface area contributed by atoms with Gasteiger partial charge in [-0.15, -0.1) is 0 Å². The molecular formula is C13H16Cl2O2. The number of halogens is 2. The van der Waals surface area contributed by atoms with Crippen LogP contribution in [-0.4, -0.2) is 19.5 Å². The van der Waals surface area contributed by atoms with Gasteiger partial charge in [-0.3, -0.25) is 4.79 Å². The van der Waals surface area contributed by atoms with E-state index in [1.165, 1.54) is 0 Å². The van der Waals surface area contributed by atoms with Crippen LogP contribution in [0.2, 0.25) is 10.0 Å². The maximum Gasteiger partial charge on any atom is 0.140 e. The van der Waals surface area contributed by atoms with E-state index in [9.17, 15) is 4.79 Å². The molecule has 0 aliphatic rings. The van der Waals surface area contributed by atoms with Crippen molar-refractivity contribution in [2.75, 3.05) is 13.7 Å². The number of rotatable bonds is 6. The topological polar surface area (TPSA) is 26.3 Å². The second-order valence-corrected chi connectivity index (χ2v) is 4.90. The molecule has 4 heteroatoms. The van der Waals surface area contributed by atoms with Crippen LogP contribution in [0.15, 0.2) is 18.2 Å². The molecule has 2 nitrogen and oxygen atoms in total. The Bertz CT molecular complexity index is 391. The fourth-order valence-corrected chi connectivity index (χ4v) is 1.96. The summed E-state index contributed by atoms with van der Waals surface area (Å²) < 4.78 is 4.96. The van der Waals surface area contributed by atoms with Crippen LogP contribution in [0.4, 0.5) is 0 Å². The second kappa shape index (κ2) is 7.00. The van der Waals surface area contributed by atoms with E-state index in [1.807, 2.05) is 6.92 Å². The predicted octanol–water partition coefficient (Wildman–Crippen LogP) is 3.78. The van der Waals surface area contributed by atoms with Crippen LogP contribution in [-0.2, 0) is 16.0 Å². The second-order valence-electron chi connectivity index (χ2n) is 4.06. The lowest BCUT2D eigenvalue weighted by Gasteiger charge is -2.10. The molecule has 1 aromatic carbocycles. The molecule has 1 unspecified atom stereocenters. The Kier molecular flexibility index (Phi) is 5.96. The molecule has 1 aromatic rings. The standard InChI is InChI=1S/C13H16Cl2O2/c1-9(5-6-17-2)13(16)7-10-3-4-11(14)8-12(10)15/h3-4,8-9H,5-7H2,1-2H3. The van der Waals surface area contributed by atoms with Gasteiger partial charge in [-0.2, -0.15) is 0 Å². The van der Waals surface area contributed by atoms with Crippen molar-refractivity contribution in [1.29, 1.82) is 0 Å². The molecule has 0 saturated heterocycles. The fourth-order valence-electron chi connectivity index (χ4n) is 1.48. The van der Waals surface area contributed by atoms with Crippen molar-refractivity contribution in [1.82, 2.24) is 0 Å². The van der Waals surface area contributed by atoms with Gasteiger partial charge in [-0.1, -0.05) is 36.2 Å². The minimum Gasteiger partial charge on any atom is -0.385 e. The van der Waals surface area contributed by atoms with E-state index in [1.54, 1.807) is 25.3 Å². The smallest absolute Gasteiger partial charge is 0.140 e. The van der Waals surface area contributed by atoms with Crippen LogP contribution in [0.5, 0.6) is 0 Å². The number of carbonyl (C=O) groups excluding carboxylic acids is 1. The highest BCUT2D eigenvalue weighted by molar-refractivity contribution is 6.35. The molecular weight excluding hydrogens is 259 g/mol. The molecule has 0 aliphatic carbocycles. The third-order valence-corrected chi connectivity index (χ3v) is 3.27. The monoisotopic (exact) mass is 274 g/mol. The molecule has 0 aromatic heterocycles. The van der Waals surface area contributed by atoms with Gasteiger partial charge < -0.3 is 4.74 Å². The highest BCUT2D eigenvalue weighted by atomic mass is 35.5. The van der Waals surface area contributed by atoms with Crippen LogP contribution >= 0.6 is 23.2 Å². The predicted molar refractivity (Wildman–Crippen MR) is 70.8 cm³/mol. The van der Waals surface area contributed by atoms with Crippen LogP contribution in [0.1, 0.15) is 18.9 Å². The number of benzene rings is 1. The Morgan fingerprint density at radius 3 is 2.71 bits per heavy atom. The molecule has 0 N–H and O–H groups in total. The first-order valence-corrected chi connectivity index (χ1v) is 6.25. The van der Waals surface area contributed by atoms with Crippen molar-refractivity contribution < 1.29 is 9.53 Å². The normalized spacial score (nSPS) is 12.5. The van der Waals surface area contributed by atoms with E-state index in [2.05, 4.69) is 0 Å². The van der Waals surface area contributed by atoms with Gasteiger partial charge in [0.1, 0.15) is 5.78 Å². The molecule has 17 heavy (non-hydrogen) atoms. The fraction of sp³-hybridized carbons (Fsp3) is 0.462. The molecule has 0 aliphatic heterocycles. The first kappa shape index (κ1) is 14.5. The summed E-state index contributed by atoms with van der Waals surface area (Å²) in [5.41, 5.74) is 0.824. The van der Waals surface area contributed by atoms with E-state index in [0.717, 1.165) is 12.0 Å². The molecule has 0 heterocycles. The minimum atomic E-state index is -0.0123. The summed E-state index contributed by atoms with van der Waals surface area (Å²) in [6, 6.07) is 5.20. The SMILES string of the molecule is COCCC(C)C(=O)Cc1ccc(Cl)cc1Cl. The third kappa shape index (κ3) is 4.66. The van der Waals surface area contributed by atoms with Gasteiger partial charge in [0.25, 0.3) is 0 Å². The quantitative estimate of drug-likeness (QED) is 0.789. The van der Waals surface area contributed by atoms with Gasteiger partial charge >= 0.3 is 0 Å². The van der Waals surface area contributed by atoms with Gasteiger partial charge in [0.2, 0.25) is 0 Å². The van der Waals surface area contributed by atoms with Gasteiger partial charge in [-0.25, -0.2) is 0 Å². The molecule has 1 atom stereocenters.